The maximum absolute atomic E-state index is 13.4. The van der Waals surface area contributed by atoms with Crippen molar-refractivity contribution in [2.24, 2.45) is 5.41 Å². The molecule has 1 atom stereocenters. The van der Waals surface area contributed by atoms with Crippen molar-refractivity contribution in [2.45, 2.75) is 32.2 Å². The molecule has 1 aliphatic rings. The Balaban J connectivity index is 1.40. The number of fused-ring (bicyclic) bond motifs is 1. The van der Waals surface area contributed by atoms with Gasteiger partial charge in [-0.2, -0.15) is 13.2 Å². The van der Waals surface area contributed by atoms with Crippen molar-refractivity contribution in [2.75, 3.05) is 25.0 Å². The second kappa shape index (κ2) is 10.7. The highest BCUT2D eigenvalue weighted by molar-refractivity contribution is 5.83. The van der Waals surface area contributed by atoms with E-state index in [1.54, 1.807) is 12.1 Å². The van der Waals surface area contributed by atoms with Crippen LogP contribution in [-0.2, 0) is 25.7 Å². The van der Waals surface area contributed by atoms with E-state index in [1.807, 2.05) is 24.4 Å². The molecule has 1 aliphatic heterocycles. The topological polar surface area (TPSA) is 94.4 Å². The predicted octanol–water partition coefficient (Wildman–Crippen LogP) is 6.13. The summed E-state index contributed by atoms with van der Waals surface area (Å²) in [6.45, 7) is 2.09. The molecule has 0 spiro atoms. The van der Waals surface area contributed by atoms with E-state index in [-0.39, 0.29) is 11.3 Å². The normalized spacial score (nSPS) is 18.1. The van der Waals surface area contributed by atoms with Gasteiger partial charge in [-0.25, -0.2) is 0 Å². The van der Waals surface area contributed by atoms with Crippen LogP contribution in [0.15, 0.2) is 72.9 Å². The van der Waals surface area contributed by atoms with Crippen LogP contribution in [0.4, 0.5) is 24.5 Å². The minimum absolute atomic E-state index is 0.179. The van der Waals surface area contributed by atoms with Gasteiger partial charge in [-0.1, -0.05) is 36.4 Å². The van der Waals surface area contributed by atoms with Gasteiger partial charge in [0.15, 0.2) is 0 Å². The molecule has 0 aliphatic carbocycles. The van der Waals surface area contributed by atoms with Crippen LogP contribution in [0.2, 0.25) is 0 Å². The molecule has 204 valence electrons. The summed E-state index contributed by atoms with van der Waals surface area (Å²) in [5, 5.41) is 25.3. The number of aromatic amines is 1. The Morgan fingerprint density at radius 3 is 2.67 bits per heavy atom. The first-order chi connectivity index (χ1) is 18.7. The van der Waals surface area contributed by atoms with Crippen LogP contribution in [-0.4, -0.2) is 39.5 Å². The van der Waals surface area contributed by atoms with Crippen LogP contribution in [0.25, 0.3) is 10.9 Å². The zero-order valence-corrected chi connectivity index (χ0v) is 21.2. The van der Waals surface area contributed by atoms with E-state index in [0.29, 0.717) is 37.3 Å². The van der Waals surface area contributed by atoms with E-state index in [2.05, 4.69) is 21.3 Å². The van der Waals surface area contributed by atoms with Crippen molar-refractivity contribution >= 4 is 22.3 Å². The third kappa shape index (κ3) is 5.91. The molecule has 4 aromatic rings. The lowest BCUT2D eigenvalue weighted by Crippen LogP contribution is -2.35. The van der Waals surface area contributed by atoms with Crippen molar-refractivity contribution in [1.82, 2.24) is 9.88 Å². The molecule has 0 amide bonds. The number of para-hydroxylation sites is 1. The number of aliphatic hydroxyl groups excluding tert-OH is 1. The number of hydrogen-bond acceptors (Lipinski definition) is 5. The zero-order valence-electron chi connectivity index (χ0n) is 21.2. The zero-order chi connectivity index (χ0) is 27.6. The Labute approximate surface area is 223 Å². The number of likely N-dealkylation sites (tertiary alicyclic amines) is 1. The Kier molecular flexibility index (Phi) is 7.33. The van der Waals surface area contributed by atoms with E-state index >= 15 is 0 Å². The molecule has 1 fully saturated rings. The number of halogens is 3. The molecule has 5 rings (SSSR count). The van der Waals surface area contributed by atoms with Crippen LogP contribution < -0.4 is 5.32 Å². The third-order valence-electron chi connectivity index (χ3n) is 7.54. The summed E-state index contributed by atoms with van der Waals surface area (Å²) in [4.78, 5) is 16.5. The summed E-state index contributed by atoms with van der Waals surface area (Å²) in [6.07, 6.45) is -1.26. The number of nitrogens with one attached hydrogen (secondary N) is 2. The van der Waals surface area contributed by atoms with Gasteiger partial charge < -0.3 is 15.4 Å². The van der Waals surface area contributed by atoms with Gasteiger partial charge in [0.2, 0.25) is 0 Å². The summed E-state index contributed by atoms with van der Waals surface area (Å²) in [5.41, 5.74) is 2.30. The van der Waals surface area contributed by atoms with Crippen molar-refractivity contribution < 1.29 is 23.2 Å². The van der Waals surface area contributed by atoms with Crippen LogP contribution in [0.5, 0.6) is 0 Å². The number of nitro benzene ring substituents is 1. The molecule has 7 nitrogen and oxygen atoms in total. The molecule has 0 unspecified atom stereocenters. The first-order valence-corrected chi connectivity index (χ1v) is 12.7. The smallest absolute Gasteiger partial charge is 0.391 e. The fourth-order valence-corrected chi connectivity index (χ4v) is 5.57. The summed E-state index contributed by atoms with van der Waals surface area (Å²) < 4.78 is 40.2. The Morgan fingerprint density at radius 1 is 1.08 bits per heavy atom. The predicted molar refractivity (Wildman–Crippen MR) is 143 cm³/mol. The van der Waals surface area contributed by atoms with Crippen LogP contribution in [0.1, 0.15) is 28.7 Å². The number of aromatic nitrogens is 1. The van der Waals surface area contributed by atoms with Gasteiger partial charge in [0.1, 0.15) is 0 Å². The fourth-order valence-electron chi connectivity index (χ4n) is 5.57. The van der Waals surface area contributed by atoms with Crippen LogP contribution >= 0.6 is 0 Å². The maximum atomic E-state index is 13.4. The van der Waals surface area contributed by atoms with Crippen molar-refractivity contribution in [3.8, 4) is 0 Å². The second-order valence-electron chi connectivity index (χ2n) is 10.3. The van der Waals surface area contributed by atoms with E-state index in [9.17, 15) is 28.4 Å². The van der Waals surface area contributed by atoms with Gasteiger partial charge in [0.25, 0.3) is 5.69 Å². The fraction of sp³-hybridized carbons (Fsp3) is 0.310. The van der Waals surface area contributed by atoms with Gasteiger partial charge in [-0.3, -0.25) is 15.0 Å². The highest BCUT2D eigenvalue weighted by atomic mass is 19.4. The molecule has 1 aromatic heterocycles. The molecule has 0 saturated carbocycles. The number of rotatable bonds is 9. The highest BCUT2D eigenvalue weighted by Crippen LogP contribution is 2.38. The number of alkyl halides is 3. The van der Waals surface area contributed by atoms with Crippen molar-refractivity contribution in [1.29, 1.82) is 0 Å². The number of anilines is 1. The minimum Gasteiger partial charge on any atom is -0.391 e. The van der Waals surface area contributed by atoms with Gasteiger partial charge in [0.05, 0.1) is 22.7 Å². The molecule has 1 saturated heterocycles. The molecule has 39 heavy (non-hydrogen) atoms. The van der Waals surface area contributed by atoms with Crippen molar-refractivity contribution in [3.05, 3.63) is 105 Å². The molecule has 3 N–H and O–H groups in total. The number of benzene rings is 3. The largest absolute Gasteiger partial charge is 0.416 e. The Morgan fingerprint density at radius 2 is 1.90 bits per heavy atom. The Hall–Kier alpha value is -3.89. The van der Waals surface area contributed by atoms with E-state index in [0.717, 1.165) is 35.5 Å². The molecule has 0 radical (unpaired) electrons. The lowest BCUT2D eigenvalue weighted by Gasteiger charge is -2.31. The quantitative estimate of drug-likeness (QED) is 0.176. The number of H-pyrrole nitrogens is 1. The van der Waals surface area contributed by atoms with E-state index < -0.39 is 28.7 Å². The highest BCUT2D eigenvalue weighted by Gasteiger charge is 2.39. The number of nitro groups is 1. The molecule has 2 heterocycles. The average molecular weight is 539 g/mol. The maximum Gasteiger partial charge on any atom is 0.416 e. The van der Waals surface area contributed by atoms with Gasteiger partial charge in [0, 0.05) is 53.9 Å². The van der Waals surface area contributed by atoms with Gasteiger partial charge in [-0.15, -0.1) is 0 Å². The molecule has 10 heteroatoms. The van der Waals surface area contributed by atoms with Gasteiger partial charge in [-0.05, 0) is 54.8 Å². The lowest BCUT2D eigenvalue weighted by molar-refractivity contribution is -0.385. The van der Waals surface area contributed by atoms with E-state index in [4.69, 9.17) is 0 Å². The summed E-state index contributed by atoms with van der Waals surface area (Å²) in [5.74, 6) is 0. The SMILES string of the molecule is O=[N+]([O-])c1cc(NC[C@]2(Cc3cccc(C(F)(F)F)c3)CCN(Cc3c[nH]c4ccccc34)C2)ccc1CO. The number of hydrogen-bond donors (Lipinski definition) is 3. The lowest BCUT2D eigenvalue weighted by atomic mass is 9.80. The third-order valence-corrected chi connectivity index (χ3v) is 7.54. The minimum atomic E-state index is -4.42. The Bertz CT molecular complexity index is 1490. The van der Waals surface area contributed by atoms with Crippen LogP contribution in [0.3, 0.4) is 0 Å². The monoisotopic (exact) mass is 538 g/mol. The summed E-state index contributed by atoms with van der Waals surface area (Å²) >= 11 is 0. The first kappa shape index (κ1) is 26.7. The van der Waals surface area contributed by atoms with Crippen molar-refractivity contribution in [3.63, 3.8) is 0 Å². The molecular formula is C29H29F3N4O3. The summed E-state index contributed by atoms with van der Waals surface area (Å²) in [7, 11) is 0. The second-order valence-corrected chi connectivity index (χ2v) is 10.3. The standard InChI is InChI=1S/C29H29F3N4O3/c30-29(31,32)23-5-3-4-20(12-23)14-28(18-34-24-9-8-21(17-37)27(13-24)36(38)39)10-11-35(19-28)16-22-15-33-26-7-2-1-6-25(22)26/h1-9,12-13,15,33-34,37H,10-11,14,16-19H2/t28-/m1/s1. The summed E-state index contributed by atoms with van der Waals surface area (Å²) in [6, 6.07) is 18.1. The average Bonchev–Trinajstić information content (AvgIpc) is 3.51. The van der Waals surface area contributed by atoms with Crippen LogP contribution in [0, 0.1) is 15.5 Å². The molecular weight excluding hydrogens is 509 g/mol. The molecule has 3 aromatic carbocycles. The molecule has 0 bridgehead atoms. The van der Waals surface area contributed by atoms with E-state index in [1.165, 1.54) is 24.3 Å². The van der Waals surface area contributed by atoms with Gasteiger partial charge >= 0.3 is 6.18 Å². The first-order valence-electron chi connectivity index (χ1n) is 12.7. The number of aliphatic hydroxyl groups is 1. The number of nitrogens with zero attached hydrogens (tertiary/aromatic N) is 2.